The second-order valence-electron chi connectivity index (χ2n) is 9.34. The maximum Gasteiger partial charge on any atom is 0.342 e. The smallest absolute Gasteiger partial charge is 0.342 e. The van der Waals surface area contributed by atoms with Crippen molar-refractivity contribution < 1.29 is 18.7 Å². The number of halogens is 1. The minimum atomic E-state index is -0.328. The Kier molecular flexibility index (Phi) is 8.54. The van der Waals surface area contributed by atoms with E-state index in [2.05, 4.69) is 33.8 Å². The van der Waals surface area contributed by atoms with E-state index in [9.17, 15) is 9.18 Å². The molecule has 1 aromatic heterocycles. The molecule has 1 aliphatic heterocycles. The van der Waals surface area contributed by atoms with E-state index in [1.165, 1.54) is 17.7 Å². The number of hydrogen-bond donors (Lipinski definition) is 0. The van der Waals surface area contributed by atoms with Crippen LogP contribution in [0, 0.1) is 5.82 Å². The first-order chi connectivity index (χ1) is 17.4. The fraction of sp³-hybridized carbons (Fsp3) is 0.379. The van der Waals surface area contributed by atoms with Crippen molar-refractivity contribution >= 4 is 11.8 Å². The first-order valence-electron chi connectivity index (χ1n) is 12.5. The van der Waals surface area contributed by atoms with E-state index in [0.29, 0.717) is 24.0 Å². The summed E-state index contributed by atoms with van der Waals surface area (Å²) in [6.07, 6.45) is 2.56. The highest BCUT2D eigenvalue weighted by Gasteiger charge is 2.30. The van der Waals surface area contributed by atoms with Gasteiger partial charge in [0.05, 0.1) is 6.10 Å². The fourth-order valence-electron chi connectivity index (χ4n) is 4.49. The van der Waals surface area contributed by atoms with Crippen molar-refractivity contribution in [1.82, 2.24) is 9.88 Å². The lowest BCUT2D eigenvalue weighted by molar-refractivity contribution is 0.0378. The monoisotopic (exact) mass is 491 g/mol. The van der Waals surface area contributed by atoms with E-state index >= 15 is 0 Å². The van der Waals surface area contributed by atoms with Gasteiger partial charge in [-0.2, -0.15) is 0 Å². The van der Waals surface area contributed by atoms with E-state index in [1.807, 2.05) is 26.0 Å². The van der Waals surface area contributed by atoms with Crippen LogP contribution >= 0.6 is 0 Å². The van der Waals surface area contributed by atoms with Gasteiger partial charge < -0.3 is 14.4 Å². The molecule has 0 aliphatic carbocycles. The predicted octanol–water partition coefficient (Wildman–Crippen LogP) is 5.47. The number of aromatic nitrogens is 1. The van der Waals surface area contributed by atoms with Gasteiger partial charge in [-0.25, -0.2) is 14.2 Å². The van der Waals surface area contributed by atoms with Crippen LogP contribution in [-0.2, 0) is 17.9 Å². The van der Waals surface area contributed by atoms with E-state index in [1.54, 1.807) is 30.5 Å². The van der Waals surface area contributed by atoms with Gasteiger partial charge in [-0.05, 0) is 74.3 Å². The van der Waals surface area contributed by atoms with Crippen LogP contribution < -0.4 is 9.64 Å². The summed E-state index contributed by atoms with van der Waals surface area (Å²) in [6.45, 7) is 9.69. The highest BCUT2D eigenvalue weighted by Crippen LogP contribution is 2.26. The molecular formula is C29H34FN3O3. The molecule has 3 aromatic rings. The highest BCUT2D eigenvalue weighted by molar-refractivity contribution is 5.94. The van der Waals surface area contributed by atoms with E-state index < -0.39 is 0 Å². The van der Waals surface area contributed by atoms with E-state index in [-0.39, 0.29) is 17.9 Å². The second-order valence-corrected chi connectivity index (χ2v) is 9.34. The molecule has 2 heterocycles. The van der Waals surface area contributed by atoms with E-state index in [0.717, 1.165) is 43.9 Å². The molecule has 1 aliphatic rings. The van der Waals surface area contributed by atoms with Crippen LogP contribution in [0.5, 0.6) is 5.75 Å². The first kappa shape index (κ1) is 25.6. The number of ether oxygens (including phenoxy) is 2. The number of benzene rings is 2. The zero-order valence-electron chi connectivity index (χ0n) is 21.2. The number of nitrogens with zero attached hydrogens (tertiary/aromatic N) is 3. The standard InChI is InChI=1S/C29H34FN3O3/c1-4-32(18-22-9-13-26(14-10-22)35-20-23-7-11-24(30)12-8-23)25-15-17-33(19-25)28-27(6-5-16-31-28)29(34)36-21(2)3/h5-14,16,21,25H,4,15,17-20H2,1-3H3/t25-/m1/s1. The summed E-state index contributed by atoms with van der Waals surface area (Å²) in [7, 11) is 0. The van der Waals surface area contributed by atoms with Crippen LogP contribution in [0.2, 0.25) is 0 Å². The molecule has 1 fully saturated rings. The largest absolute Gasteiger partial charge is 0.489 e. The third-order valence-electron chi connectivity index (χ3n) is 6.36. The Morgan fingerprint density at radius 2 is 1.83 bits per heavy atom. The van der Waals surface area contributed by atoms with Crippen molar-refractivity contribution in [1.29, 1.82) is 0 Å². The summed E-state index contributed by atoms with van der Waals surface area (Å²) >= 11 is 0. The van der Waals surface area contributed by atoms with Crippen molar-refractivity contribution in [3.05, 3.63) is 89.4 Å². The molecule has 0 N–H and O–H groups in total. The third-order valence-corrected chi connectivity index (χ3v) is 6.36. The Morgan fingerprint density at radius 3 is 2.53 bits per heavy atom. The van der Waals surface area contributed by atoms with Gasteiger partial charge in [0.25, 0.3) is 0 Å². The van der Waals surface area contributed by atoms with Crippen LogP contribution in [0.4, 0.5) is 10.2 Å². The Labute approximate surface area is 212 Å². The average molecular weight is 492 g/mol. The number of esters is 1. The van der Waals surface area contributed by atoms with Crippen molar-refractivity contribution in [2.75, 3.05) is 24.5 Å². The Balaban J connectivity index is 1.35. The summed E-state index contributed by atoms with van der Waals surface area (Å²) in [4.78, 5) is 21.8. The molecule has 6 nitrogen and oxygen atoms in total. The summed E-state index contributed by atoms with van der Waals surface area (Å²) in [6, 6.07) is 18.4. The molecular weight excluding hydrogens is 457 g/mol. The normalized spacial score (nSPS) is 15.5. The maximum absolute atomic E-state index is 13.1. The molecule has 4 rings (SSSR count). The fourth-order valence-corrected chi connectivity index (χ4v) is 4.49. The van der Waals surface area contributed by atoms with Crippen LogP contribution in [0.1, 0.15) is 48.7 Å². The van der Waals surface area contributed by atoms with Crippen LogP contribution in [0.15, 0.2) is 66.9 Å². The molecule has 0 radical (unpaired) electrons. The average Bonchev–Trinajstić information content (AvgIpc) is 3.37. The number of pyridine rings is 1. The zero-order valence-corrected chi connectivity index (χ0v) is 21.2. The summed E-state index contributed by atoms with van der Waals surface area (Å²) in [5, 5.41) is 0. The van der Waals surface area contributed by atoms with Gasteiger partial charge in [-0.3, -0.25) is 4.90 Å². The third kappa shape index (κ3) is 6.61. The van der Waals surface area contributed by atoms with Crippen LogP contribution in [0.25, 0.3) is 0 Å². The van der Waals surface area contributed by atoms with Gasteiger partial charge >= 0.3 is 5.97 Å². The van der Waals surface area contributed by atoms with Crippen molar-refractivity contribution in [2.24, 2.45) is 0 Å². The number of rotatable bonds is 10. The number of hydrogen-bond acceptors (Lipinski definition) is 6. The number of likely N-dealkylation sites (N-methyl/N-ethyl adjacent to an activating group) is 1. The Morgan fingerprint density at radius 1 is 1.11 bits per heavy atom. The molecule has 7 heteroatoms. The topological polar surface area (TPSA) is 54.9 Å². The van der Waals surface area contributed by atoms with Gasteiger partial charge in [-0.15, -0.1) is 0 Å². The van der Waals surface area contributed by atoms with Crippen molar-refractivity contribution in [3.8, 4) is 5.75 Å². The number of carbonyl (C=O) groups is 1. The lowest BCUT2D eigenvalue weighted by Crippen LogP contribution is -2.37. The van der Waals surface area contributed by atoms with E-state index in [4.69, 9.17) is 9.47 Å². The molecule has 2 aromatic carbocycles. The van der Waals surface area contributed by atoms with Gasteiger partial charge in [0.1, 0.15) is 29.6 Å². The molecule has 1 saturated heterocycles. The highest BCUT2D eigenvalue weighted by atomic mass is 19.1. The Bertz CT molecular complexity index is 1140. The number of carbonyl (C=O) groups excluding carboxylic acids is 1. The van der Waals surface area contributed by atoms with Crippen LogP contribution in [0.3, 0.4) is 0 Å². The van der Waals surface area contributed by atoms with Gasteiger partial charge in [0, 0.05) is 31.9 Å². The first-order valence-corrected chi connectivity index (χ1v) is 12.5. The summed E-state index contributed by atoms with van der Waals surface area (Å²) in [5.74, 6) is 0.909. The minimum absolute atomic E-state index is 0.174. The molecule has 0 unspecified atom stereocenters. The molecule has 0 saturated carbocycles. The Hall–Kier alpha value is -3.45. The number of anilines is 1. The molecule has 1 atom stereocenters. The van der Waals surface area contributed by atoms with Crippen molar-refractivity contribution in [3.63, 3.8) is 0 Å². The van der Waals surface area contributed by atoms with Gasteiger partial charge in [0.2, 0.25) is 0 Å². The SMILES string of the molecule is CCN(Cc1ccc(OCc2ccc(F)cc2)cc1)[C@@H]1CCN(c2ncccc2C(=O)OC(C)C)C1. The maximum atomic E-state index is 13.1. The predicted molar refractivity (Wildman–Crippen MR) is 139 cm³/mol. The summed E-state index contributed by atoms with van der Waals surface area (Å²) < 4.78 is 24.3. The summed E-state index contributed by atoms with van der Waals surface area (Å²) in [5.41, 5.74) is 2.66. The zero-order chi connectivity index (χ0) is 25.5. The lowest BCUT2D eigenvalue weighted by Gasteiger charge is -2.28. The second kappa shape index (κ2) is 12.0. The van der Waals surface area contributed by atoms with Crippen LogP contribution in [-0.4, -0.2) is 47.6 Å². The quantitative estimate of drug-likeness (QED) is 0.351. The van der Waals surface area contributed by atoms with Crippen molar-refractivity contribution in [2.45, 2.75) is 52.5 Å². The lowest BCUT2D eigenvalue weighted by atomic mass is 10.1. The molecule has 0 amide bonds. The van der Waals surface area contributed by atoms with Gasteiger partial charge in [-0.1, -0.05) is 31.2 Å². The molecule has 36 heavy (non-hydrogen) atoms. The minimum Gasteiger partial charge on any atom is -0.489 e. The molecule has 0 spiro atoms. The molecule has 0 bridgehead atoms. The molecule has 190 valence electrons. The van der Waals surface area contributed by atoms with Gasteiger partial charge in [0.15, 0.2) is 0 Å².